The van der Waals surface area contributed by atoms with E-state index in [0.29, 0.717) is 23.3 Å². The number of amides is 1. The van der Waals surface area contributed by atoms with E-state index in [1.165, 1.54) is 39.6 Å². The Hall–Kier alpha value is -2.23. The molecule has 1 fully saturated rings. The molecule has 5 rings (SSSR count). The molecule has 1 amide bonds. The Morgan fingerprint density at radius 2 is 2.06 bits per heavy atom. The fourth-order valence-corrected chi connectivity index (χ4v) is 6.38. The van der Waals surface area contributed by atoms with E-state index in [2.05, 4.69) is 29.1 Å². The molecule has 0 bridgehead atoms. The Bertz CT molecular complexity index is 1180. The summed E-state index contributed by atoms with van der Waals surface area (Å²) in [4.78, 5) is 35.5. The normalized spacial score (nSPS) is 19.3. The van der Waals surface area contributed by atoms with Crippen molar-refractivity contribution >= 4 is 34.0 Å². The van der Waals surface area contributed by atoms with E-state index in [1.807, 2.05) is 23.1 Å². The third-order valence-electron chi connectivity index (χ3n) is 6.31. The van der Waals surface area contributed by atoms with E-state index in [9.17, 15) is 9.59 Å². The molecule has 0 unspecified atom stereocenters. The molecular weight excluding hydrogens is 442 g/mol. The van der Waals surface area contributed by atoms with E-state index < -0.39 is 0 Å². The Morgan fingerprint density at radius 3 is 2.88 bits per heavy atom. The number of carbonyl (C=O) groups excluding carboxylic acids is 1. The van der Waals surface area contributed by atoms with Crippen LogP contribution in [0.1, 0.15) is 43.0 Å². The number of rotatable bonds is 5. The summed E-state index contributed by atoms with van der Waals surface area (Å²) < 4.78 is 2.14. The van der Waals surface area contributed by atoms with Crippen LogP contribution in [-0.2, 0) is 24.3 Å². The molecule has 3 aromatic rings. The number of hydrogen-bond donors (Lipinski definition) is 0. The zero-order valence-electron chi connectivity index (χ0n) is 18.2. The van der Waals surface area contributed by atoms with Crippen LogP contribution in [-0.4, -0.2) is 55.2 Å². The van der Waals surface area contributed by atoms with E-state index in [-0.39, 0.29) is 11.5 Å². The maximum absolute atomic E-state index is 13.2. The first kappa shape index (κ1) is 21.6. The summed E-state index contributed by atoms with van der Waals surface area (Å²) in [7, 11) is 0. The highest BCUT2D eigenvalue weighted by atomic mass is 32.2. The number of benzene rings is 1. The lowest BCUT2D eigenvalue weighted by Crippen LogP contribution is -2.42. The van der Waals surface area contributed by atoms with E-state index in [4.69, 9.17) is 4.98 Å². The van der Waals surface area contributed by atoms with Gasteiger partial charge >= 0.3 is 0 Å². The first-order valence-corrected chi connectivity index (χ1v) is 13.0. The summed E-state index contributed by atoms with van der Waals surface area (Å²) in [5, 5.41) is 4.50. The highest BCUT2D eigenvalue weighted by molar-refractivity contribution is 8.01. The van der Waals surface area contributed by atoms with Crippen LogP contribution in [0.25, 0.3) is 4.96 Å². The molecule has 1 atom stereocenters. The van der Waals surface area contributed by atoms with Gasteiger partial charge in [0.25, 0.3) is 5.56 Å². The average Bonchev–Trinajstić information content (AvgIpc) is 3.22. The lowest BCUT2D eigenvalue weighted by atomic mass is 10.0. The minimum atomic E-state index is -0.0816. The van der Waals surface area contributed by atoms with Crippen molar-refractivity contribution in [1.82, 2.24) is 24.4 Å². The topological polar surface area (TPSA) is 70.8 Å². The number of aromatic nitrogens is 3. The monoisotopic (exact) mass is 469 g/mol. The van der Waals surface area contributed by atoms with Gasteiger partial charge in [-0.25, -0.2) is 4.98 Å². The summed E-state index contributed by atoms with van der Waals surface area (Å²) in [6.45, 7) is 5.25. The number of likely N-dealkylation sites (tertiary alicyclic amines) is 1. The second-order valence-corrected chi connectivity index (χ2v) is 10.7. The molecule has 168 valence electrons. The Morgan fingerprint density at radius 1 is 1.22 bits per heavy atom. The van der Waals surface area contributed by atoms with Crippen molar-refractivity contribution in [1.29, 1.82) is 0 Å². The first-order valence-electron chi connectivity index (χ1n) is 11.2. The van der Waals surface area contributed by atoms with Crippen molar-refractivity contribution in [3.8, 4) is 0 Å². The van der Waals surface area contributed by atoms with E-state index in [0.717, 1.165) is 54.5 Å². The molecule has 0 aliphatic carbocycles. The summed E-state index contributed by atoms with van der Waals surface area (Å²) in [5.41, 5.74) is 2.79. The van der Waals surface area contributed by atoms with Crippen molar-refractivity contribution in [2.45, 2.75) is 56.1 Å². The summed E-state index contributed by atoms with van der Waals surface area (Å²) in [5.74, 6) is 0.501. The molecule has 0 N–H and O–H groups in total. The largest absolute Gasteiger partial charge is 0.339 e. The van der Waals surface area contributed by atoms with Crippen LogP contribution in [0.2, 0.25) is 0 Å². The Balaban J connectivity index is 1.30. The average molecular weight is 470 g/mol. The van der Waals surface area contributed by atoms with Crippen LogP contribution in [0.5, 0.6) is 0 Å². The molecule has 9 heteroatoms. The van der Waals surface area contributed by atoms with E-state index in [1.54, 1.807) is 0 Å². The highest BCUT2D eigenvalue weighted by Crippen LogP contribution is 2.26. The van der Waals surface area contributed by atoms with Gasteiger partial charge in [0.1, 0.15) is 0 Å². The van der Waals surface area contributed by atoms with Gasteiger partial charge in [0, 0.05) is 38.6 Å². The molecule has 0 radical (unpaired) electrons. The highest BCUT2D eigenvalue weighted by Gasteiger charge is 2.25. The van der Waals surface area contributed by atoms with Gasteiger partial charge in [-0.2, -0.15) is 4.52 Å². The van der Waals surface area contributed by atoms with Crippen LogP contribution in [0.3, 0.4) is 0 Å². The number of carbonyl (C=O) groups is 1. The number of hydrogen-bond acceptors (Lipinski definition) is 7. The van der Waals surface area contributed by atoms with Crippen LogP contribution in [0.15, 0.2) is 39.5 Å². The van der Waals surface area contributed by atoms with Gasteiger partial charge in [-0.3, -0.25) is 14.5 Å². The van der Waals surface area contributed by atoms with Gasteiger partial charge < -0.3 is 4.90 Å². The second-order valence-electron chi connectivity index (χ2n) is 8.57. The zero-order valence-corrected chi connectivity index (χ0v) is 19.8. The smallest absolute Gasteiger partial charge is 0.279 e. The molecular formula is C23H27N5O2S2. The van der Waals surface area contributed by atoms with Crippen LogP contribution in [0, 0.1) is 0 Å². The minimum absolute atomic E-state index is 0.0816. The van der Waals surface area contributed by atoms with Crippen molar-refractivity contribution < 1.29 is 4.79 Å². The van der Waals surface area contributed by atoms with Crippen molar-refractivity contribution in [3.05, 3.63) is 57.5 Å². The number of fused-ring (bicyclic) bond motifs is 2. The fraction of sp³-hybridized carbons (Fsp3) is 0.478. The van der Waals surface area contributed by atoms with Gasteiger partial charge in [-0.1, -0.05) is 53.4 Å². The summed E-state index contributed by atoms with van der Waals surface area (Å²) in [6.07, 6.45) is 4.11. The van der Waals surface area contributed by atoms with Gasteiger partial charge in [-0.05, 0) is 31.7 Å². The molecule has 1 saturated heterocycles. The molecule has 2 aliphatic heterocycles. The molecule has 0 spiro atoms. The quantitative estimate of drug-likeness (QED) is 0.535. The Kier molecular flexibility index (Phi) is 6.30. The van der Waals surface area contributed by atoms with Crippen molar-refractivity contribution in [2.24, 2.45) is 0 Å². The van der Waals surface area contributed by atoms with Crippen molar-refractivity contribution in [2.75, 3.05) is 18.8 Å². The van der Waals surface area contributed by atoms with Crippen LogP contribution < -0.4 is 5.56 Å². The van der Waals surface area contributed by atoms with E-state index >= 15 is 0 Å². The summed E-state index contributed by atoms with van der Waals surface area (Å²) >= 11 is 2.81. The van der Waals surface area contributed by atoms with Gasteiger partial charge in [0.05, 0.1) is 17.0 Å². The second kappa shape index (κ2) is 9.33. The zero-order chi connectivity index (χ0) is 22.1. The van der Waals surface area contributed by atoms with Gasteiger partial charge in [0.2, 0.25) is 10.9 Å². The standard InChI is InChI=1S/C23H27N5O2S2/c1-16-7-5-6-11-27(16)20(29)15-31-23-25-28-21(30)18-14-26(13-17-8-3-2-4-9-17)12-10-19(18)24-22(28)32-23/h2-4,8-9,16H,5-7,10-15H2,1H3/t16-/m1/s1. The molecule has 7 nitrogen and oxygen atoms in total. The molecule has 32 heavy (non-hydrogen) atoms. The van der Waals surface area contributed by atoms with Gasteiger partial charge in [0.15, 0.2) is 4.34 Å². The first-order chi connectivity index (χ1) is 15.6. The van der Waals surface area contributed by atoms with Crippen LogP contribution >= 0.6 is 23.1 Å². The van der Waals surface area contributed by atoms with Crippen molar-refractivity contribution in [3.63, 3.8) is 0 Å². The third kappa shape index (κ3) is 4.46. The summed E-state index contributed by atoms with van der Waals surface area (Å²) in [6, 6.07) is 10.6. The maximum atomic E-state index is 13.2. The lowest BCUT2D eigenvalue weighted by Gasteiger charge is -2.33. The maximum Gasteiger partial charge on any atom is 0.279 e. The predicted molar refractivity (Wildman–Crippen MR) is 127 cm³/mol. The van der Waals surface area contributed by atoms with Gasteiger partial charge in [-0.15, -0.1) is 5.10 Å². The fourth-order valence-electron chi connectivity index (χ4n) is 4.55. The molecule has 2 aromatic heterocycles. The minimum Gasteiger partial charge on any atom is -0.339 e. The Labute approximate surface area is 195 Å². The SMILES string of the molecule is C[C@@H]1CCCCN1C(=O)CSc1nn2c(=O)c3c(nc2s1)CCN(Cc1ccccc1)C3. The molecule has 1 aromatic carbocycles. The molecule has 0 saturated carbocycles. The number of nitrogens with zero attached hydrogens (tertiary/aromatic N) is 5. The number of thioether (sulfide) groups is 1. The molecule has 4 heterocycles. The predicted octanol–water partition coefficient (Wildman–Crippen LogP) is 3.20. The molecule has 2 aliphatic rings. The van der Waals surface area contributed by atoms with Crippen LogP contribution in [0.4, 0.5) is 0 Å². The number of piperidine rings is 1. The third-order valence-corrected chi connectivity index (χ3v) is 8.34. The lowest BCUT2D eigenvalue weighted by molar-refractivity contribution is -0.131.